The Morgan fingerprint density at radius 1 is 1.50 bits per heavy atom. The summed E-state index contributed by atoms with van der Waals surface area (Å²) < 4.78 is 29.3. The quantitative estimate of drug-likeness (QED) is 0.830. The molecule has 20 heavy (non-hydrogen) atoms. The van der Waals surface area contributed by atoms with Crippen molar-refractivity contribution in [1.82, 2.24) is 14.6 Å². The van der Waals surface area contributed by atoms with E-state index in [9.17, 15) is 8.42 Å². The molecule has 1 aliphatic heterocycles. The van der Waals surface area contributed by atoms with Crippen LogP contribution in [0.4, 0.5) is 0 Å². The van der Waals surface area contributed by atoms with Crippen LogP contribution in [-0.4, -0.2) is 37.1 Å². The van der Waals surface area contributed by atoms with Crippen LogP contribution in [0.1, 0.15) is 25.5 Å². The molecular weight excluding hydrogens is 294 g/mol. The number of nitrogens with one attached hydrogen (secondary N) is 2. The van der Waals surface area contributed by atoms with Crippen molar-refractivity contribution < 1.29 is 8.42 Å². The summed E-state index contributed by atoms with van der Waals surface area (Å²) in [6.07, 6.45) is 3.90. The van der Waals surface area contributed by atoms with E-state index in [0.717, 1.165) is 17.9 Å². The Labute approximate surface area is 125 Å². The highest BCUT2D eigenvalue weighted by Crippen LogP contribution is 2.37. The Balaban J connectivity index is 2.08. The SMILES string of the molecule is CNCc1cc(S(=O)(=O)NCC2(C)CCCS2)cn1C. The Kier molecular flexibility index (Phi) is 4.84. The van der Waals surface area contributed by atoms with Crippen LogP contribution in [0.25, 0.3) is 0 Å². The van der Waals surface area contributed by atoms with E-state index in [1.807, 2.05) is 30.4 Å². The molecule has 0 spiro atoms. The first-order valence-corrected chi connectivity index (χ1v) is 9.27. The van der Waals surface area contributed by atoms with Gasteiger partial charge in [-0.05, 0) is 38.6 Å². The zero-order chi connectivity index (χ0) is 14.8. The fraction of sp³-hybridized carbons (Fsp3) is 0.692. The van der Waals surface area contributed by atoms with Gasteiger partial charge in [0.25, 0.3) is 0 Å². The molecule has 5 nitrogen and oxygen atoms in total. The van der Waals surface area contributed by atoms with Gasteiger partial charge in [0, 0.05) is 36.8 Å². The lowest BCUT2D eigenvalue weighted by atomic mass is 10.1. The molecule has 0 saturated carbocycles. The van der Waals surface area contributed by atoms with E-state index in [1.54, 1.807) is 12.3 Å². The van der Waals surface area contributed by atoms with Gasteiger partial charge in [0.15, 0.2) is 0 Å². The molecule has 2 N–H and O–H groups in total. The van der Waals surface area contributed by atoms with Crippen molar-refractivity contribution in [3.63, 3.8) is 0 Å². The molecule has 0 aliphatic carbocycles. The maximum Gasteiger partial charge on any atom is 0.242 e. The number of aryl methyl sites for hydroxylation is 1. The summed E-state index contributed by atoms with van der Waals surface area (Å²) in [4.78, 5) is 0.344. The topological polar surface area (TPSA) is 63.1 Å². The van der Waals surface area contributed by atoms with Gasteiger partial charge in [-0.25, -0.2) is 13.1 Å². The number of aromatic nitrogens is 1. The Bertz CT molecular complexity index is 560. The van der Waals surface area contributed by atoms with Crippen LogP contribution < -0.4 is 10.0 Å². The van der Waals surface area contributed by atoms with Crippen molar-refractivity contribution in [3.8, 4) is 0 Å². The molecule has 1 saturated heterocycles. The summed E-state index contributed by atoms with van der Waals surface area (Å²) >= 11 is 1.85. The fourth-order valence-electron chi connectivity index (χ4n) is 2.39. The van der Waals surface area contributed by atoms with E-state index in [2.05, 4.69) is 17.0 Å². The van der Waals surface area contributed by atoms with E-state index < -0.39 is 10.0 Å². The lowest BCUT2D eigenvalue weighted by molar-refractivity contribution is 0.552. The zero-order valence-corrected chi connectivity index (χ0v) is 13.9. The number of sulfonamides is 1. The maximum absolute atomic E-state index is 12.3. The summed E-state index contributed by atoms with van der Waals surface area (Å²) in [5.41, 5.74) is 0.953. The minimum Gasteiger partial charge on any atom is -0.352 e. The molecule has 1 atom stereocenters. The highest BCUT2D eigenvalue weighted by atomic mass is 32.2. The number of nitrogens with zero attached hydrogens (tertiary/aromatic N) is 1. The minimum absolute atomic E-state index is 0.0374. The molecule has 7 heteroatoms. The third-order valence-corrected chi connectivity index (χ3v) is 6.59. The van der Waals surface area contributed by atoms with Crippen molar-refractivity contribution in [1.29, 1.82) is 0 Å². The molecule has 1 aliphatic rings. The standard InChI is InChI=1S/C13H23N3O2S2/c1-13(5-4-6-19-13)10-15-20(17,18)12-7-11(8-14-2)16(3)9-12/h7,9,14-15H,4-6,8,10H2,1-3H3. The summed E-state index contributed by atoms with van der Waals surface area (Å²) in [5.74, 6) is 1.12. The van der Waals surface area contributed by atoms with Gasteiger partial charge in [-0.2, -0.15) is 11.8 Å². The molecule has 2 heterocycles. The van der Waals surface area contributed by atoms with Gasteiger partial charge in [-0.3, -0.25) is 0 Å². The van der Waals surface area contributed by atoms with E-state index in [4.69, 9.17) is 0 Å². The van der Waals surface area contributed by atoms with Crippen molar-refractivity contribution >= 4 is 21.8 Å². The second kappa shape index (κ2) is 6.09. The third kappa shape index (κ3) is 3.58. The van der Waals surface area contributed by atoms with Crippen LogP contribution in [0.15, 0.2) is 17.2 Å². The van der Waals surface area contributed by atoms with Gasteiger partial charge in [-0.1, -0.05) is 0 Å². The molecule has 114 valence electrons. The van der Waals surface area contributed by atoms with Gasteiger partial charge >= 0.3 is 0 Å². The highest BCUT2D eigenvalue weighted by molar-refractivity contribution is 8.01. The Hall–Kier alpha value is -0.500. The van der Waals surface area contributed by atoms with E-state index >= 15 is 0 Å². The molecule has 1 aromatic rings. The van der Waals surface area contributed by atoms with Gasteiger partial charge in [0.2, 0.25) is 10.0 Å². The van der Waals surface area contributed by atoms with Crippen LogP contribution in [0.2, 0.25) is 0 Å². The van der Waals surface area contributed by atoms with Gasteiger partial charge in [0.1, 0.15) is 0 Å². The van der Waals surface area contributed by atoms with Crippen LogP contribution in [0.5, 0.6) is 0 Å². The second-order valence-electron chi connectivity index (χ2n) is 5.53. The molecule has 0 amide bonds. The predicted octanol–water partition coefficient (Wildman–Crippen LogP) is 1.31. The molecule has 1 aromatic heterocycles. The Morgan fingerprint density at radius 2 is 2.25 bits per heavy atom. The van der Waals surface area contributed by atoms with Crippen molar-refractivity contribution in [2.75, 3.05) is 19.3 Å². The second-order valence-corrected chi connectivity index (χ2v) is 8.98. The first-order valence-electron chi connectivity index (χ1n) is 6.80. The molecule has 1 fully saturated rings. The van der Waals surface area contributed by atoms with Crippen molar-refractivity contribution in [2.45, 2.75) is 36.0 Å². The van der Waals surface area contributed by atoms with Crippen LogP contribution in [0, 0.1) is 0 Å². The summed E-state index contributed by atoms with van der Waals surface area (Å²) in [6, 6.07) is 1.73. The monoisotopic (exact) mass is 317 g/mol. The number of thioether (sulfide) groups is 1. The van der Waals surface area contributed by atoms with Gasteiger partial charge in [-0.15, -0.1) is 0 Å². The average molecular weight is 317 g/mol. The largest absolute Gasteiger partial charge is 0.352 e. The van der Waals surface area contributed by atoms with E-state index in [-0.39, 0.29) is 4.75 Å². The van der Waals surface area contributed by atoms with Crippen molar-refractivity contribution in [3.05, 3.63) is 18.0 Å². The summed E-state index contributed by atoms with van der Waals surface area (Å²) in [6.45, 7) is 3.28. The van der Waals surface area contributed by atoms with Crippen LogP contribution in [0.3, 0.4) is 0 Å². The number of rotatable bonds is 6. The lowest BCUT2D eigenvalue weighted by Crippen LogP contribution is -2.36. The smallest absolute Gasteiger partial charge is 0.242 e. The van der Waals surface area contributed by atoms with Crippen LogP contribution in [-0.2, 0) is 23.6 Å². The third-order valence-electron chi connectivity index (χ3n) is 3.69. The van der Waals surface area contributed by atoms with E-state index in [1.165, 1.54) is 6.42 Å². The van der Waals surface area contributed by atoms with Gasteiger partial charge in [0.05, 0.1) is 4.90 Å². The maximum atomic E-state index is 12.3. The minimum atomic E-state index is -3.42. The number of hydrogen-bond donors (Lipinski definition) is 2. The average Bonchev–Trinajstić information content (AvgIpc) is 2.97. The fourth-order valence-corrected chi connectivity index (χ4v) is 4.99. The first-order chi connectivity index (χ1) is 9.36. The predicted molar refractivity (Wildman–Crippen MR) is 83.5 cm³/mol. The van der Waals surface area contributed by atoms with Gasteiger partial charge < -0.3 is 9.88 Å². The molecule has 2 rings (SSSR count). The molecule has 0 bridgehead atoms. The molecular formula is C13H23N3O2S2. The Morgan fingerprint density at radius 3 is 2.85 bits per heavy atom. The molecule has 1 unspecified atom stereocenters. The zero-order valence-electron chi connectivity index (χ0n) is 12.3. The summed E-state index contributed by atoms with van der Waals surface area (Å²) in [5, 5.41) is 3.03. The van der Waals surface area contributed by atoms with Crippen LogP contribution >= 0.6 is 11.8 Å². The first kappa shape index (κ1) is 15.9. The molecule has 0 aromatic carbocycles. The van der Waals surface area contributed by atoms with E-state index in [0.29, 0.717) is 18.0 Å². The highest BCUT2D eigenvalue weighted by Gasteiger charge is 2.31. The molecule has 0 radical (unpaired) electrons. The number of hydrogen-bond acceptors (Lipinski definition) is 4. The van der Waals surface area contributed by atoms with Crippen molar-refractivity contribution in [2.24, 2.45) is 7.05 Å². The summed E-state index contributed by atoms with van der Waals surface area (Å²) in [7, 11) is 0.288. The lowest BCUT2D eigenvalue weighted by Gasteiger charge is -2.22. The normalized spacial score (nSPS) is 23.4.